The van der Waals surface area contributed by atoms with Crippen LogP contribution in [0.3, 0.4) is 0 Å². The normalized spacial score (nSPS) is 21.7. The topological polar surface area (TPSA) is 78.4 Å². The summed E-state index contributed by atoms with van der Waals surface area (Å²) in [4.78, 5) is 22.6. The zero-order valence-corrected chi connectivity index (χ0v) is 10.2. The Morgan fingerprint density at radius 2 is 2.38 bits per heavy atom. The minimum absolute atomic E-state index is 0.0730. The van der Waals surface area contributed by atoms with Gasteiger partial charge in [-0.3, -0.25) is 4.79 Å². The van der Waals surface area contributed by atoms with E-state index in [0.717, 1.165) is 18.7 Å². The molecule has 0 aromatic rings. The number of carboxylic acid groups (broad SMARTS) is 1. The van der Waals surface area contributed by atoms with E-state index in [9.17, 15) is 9.59 Å². The summed E-state index contributed by atoms with van der Waals surface area (Å²) < 4.78 is 0. The second-order valence-electron chi connectivity index (χ2n) is 3.87. The van der Waals surface area contributed by atoms with E-state index in [0.29, 0.717) is 13.0 Å². The van der Waals surface area contributed by atoms with Crippen LogP contribution in [0.25, 0.3) is 0 Å². The van der Waals surface area contributed by atoms with Crippen molar-refractivity contribution in [2.24, 2.45) is 5.92 Å². The summed E-state index contributed by atoms with van der Waals surface area (Å²) in [5.74, 6) is -0.428. The Morgan fingerprint density at radius 1 is 1.62 bits per heavy atom. The second-order valence-corrected chi connectivity index (χ2v) is 4.86. The zero-order valence-electron chi connectivity index (χ0n) is 9.36. The molecule has 16 heavy (non-hydrogen) atoms. The highest BCUT2D eigenvalue weighted by molar-refractivity contribution is 7.98. The molecule has 2 unspecified atom stereocenters. The van der Waals surface area contributed by atoms with Crippen molar-refractivity contribution in [1.82, 2.24) is 10.6 Å². The van der Waals surface area contributed by atoms with Crippen molar-refractivity contribution in [1.29, 1.82) is 0 Å². The summed E-state index contributed by atoms with van der Waals surface area (Å²) in [5.41, 5.74) is 0. The molecule has 2 atom stereocenters. The summed E-state index contributed by atoms with van der Waals surface area (Å²) in [6.45, 7) is 1.49. The molecule has 5 nitrogen and oxygen atoms in total. The van der Waals surface area contributed by atoms with Crippen molar-refractivity contribution in [3.63, 3.8) is 0 Å². The Labute approximate surface area is 99.4 Å². The standard InChI is InChI=1S/C10H18N2O3S/c1-16-5-3-8(10(14)15)12-9(13)7-2-4-11-6-7/h7-8,11H,2-6H2,1H3,(H,12,13)(H,14,15). The Bertz CT molecular complexity index is 254. The van der Waals surface area contributed by atoms with Crippen LogP contribution in [0.4, 0.5) is 0 Å². The van der Waals surface area contributed by atoms with Crippen LogP contribution in [0, 0.1) is 5.92 Å². The predicted octanol–water partition coefficient (Wildman–Crippen LogP) is -0.0816. The number of carboxylic acids is 1. The first-order valence-electron chi connectivity index (χ1n) is 5.38. The van der Waals surface area contributed by atoms with Gasteiger partial charge in [-0.25, -0.2) is 4.79 Å². The van der Waals surface area contributed by atoms with Gasteiger partial charge in [0.05, 0.1) is 5.92 Å². The summed E-state index contributed by atoms with van der Waals surface area (Å²) in [6.07, 6.45) is 3.19. The monoisotopic (exact) mass is 246 g/mol. The van der Waals surface area contributed by atoms with E-state index in [2.05, 4.69) is 10.6 Å². The Morgan fingerprint density at radius 3 is 2.88 bits per heavy atom. The van der Waals surface area contributed by atoms with Gasteiger partial charge >= 0.3 is 5.97 Å². The molecule has 1 fully saturated rings. The van der Waals surface area contributed by atoms with Crippen molar-refractivity contribution in [2.75, 3.05) is 25.1 Å². The fourth-order valence-corrected chi connectivity index (χ4v) is 2.13. The van der Waals surface area contributed by atoms with Crippen LogP contribution >= 0.6 is 11.8 Å². The first-order valence-corrected chi connectivity index (χ1v) is 6.77. The summed E-state index contributed by atoms with van der Waals surface area (Å²) in [5, 5.41) is 14.6. The van der Waals surface area contributed by atoms with Crippen LogP contribution in [-0.4, -0.2) is 48.1 Å². The highest BCUT2D eigenvalue weighted by Gasteiger charge is 2.26. The molecule has 1 aliphatic heterocycles. The molecule has 0 bridgehead atoms. The average molecular weight is 246 g/mol. The SMILES string of the molecule is CSCCC(NC(=O)C1CCNC1)C(=O)O. The van der Waals surface area contributed by atoms with Gasteiger partial charge in [-0.2, -0.15) is 11.8 Å². The average Bonchev–Trinajstić information content (AvgIpc) is 2.76. The summed E-state index contributed by atoms with van der Waals surface area (Å²) in [6, 6.07) is -0.749. The molecule has 0 aromatic carbocycles. The lowest BCUT2D eigenvalue weighted by Gasteiger charge is -2.16. The van der Waals surface area contributed by atoms with Gasteiger partial charge in [-0.05, 0) is 31.4 Å². The molecule has 3 N–H and O–H groups in total. The second kappa shape index (κ2) is 6.75. The molecule has 0 saturated carbocycles. The molecule has 6 heteroatoms. The first kappa shape index (κ1) is 13.3. The number of aliphatic carboxylic acids is 1. The van der Waals surface area contributed by atoms with E-state index in [4.69, 9.17) is 5.11 Å². The van der Waals surface area contributed by atoms with Crippen LogP contribution in [0.2, 0.25) is 0 Å². The van der Waals surface area contributed by atoms with Crippen LogP contribution in [0.15, 0.2) is 0 Å². The van der Waals surface area contributed by atoms with E-state index in [-0.39, 0.29) is 11.8 Å². The van der Waals surface area contributed by atoms with Crippen molar-refractivity contribution in [3.8, 4) is 0 Å². The first-order chi connectivity index (χ1) is 7.65. The third-order valence-corrected chi connectivity index (χ3v) is 3.30. The number of hydrogen-bond acceptors (Lipinski definition) is 4. The lowest BCUT2D eigenvalue weighted by molar-refractivity contribution is -0.142. The molecule has 1 saturated heterocycles. The number of carbonyl (C=O) groups excluding carboxylic acids is 1. The molecule has 1 rings (SSSR count). The Kier molecular flexibility index (Phi) is 5.62. The van der Waals surface area contributed by atoms with E-state index in [1.807, 2.05) is 6.26 Å². The van der Waals surface area contributed by atoms with Crippen LogP contribution in [-0.2, 0) is 9.59 Å². The third kappa shape index (κ3) is 4.02. The maximum Gasteiger partial charge on any atom is 0.326 e. The molecular weight excluding hydrogens is 228 g/mol. The largest absolute Gasteiger partial charge is 0.480 e. The van der Waals surface area contributed by atoms with Gasteiger partial charge in [-0.15, -0.1) is 0 Å². The molecule has 0 aliphatic carbocycles. The Hall–Kier alpha value is -0.750. The van der Waals surface area contributed by atoms with Gasteiger partial charge < -0.3 is 15.7 Å². The minimum Gasteiger partial charge on any atom is -0.480 e. The van der Waals surface area contributed by atoms with Crippen LogP contribution in [0.1, 0.15) is 12.8 Å². The van der Waals surface area contributed by atoms with E-state index in [1.165, 1.54) is 0 Å². The van der Waals surface area contributed by atoms with Gasteiger partial charge in [0, 0.05) is 6.54 Å². The lowest BCUT2D eigenvalue weighted by atomic mass is 10.1. The fraction of sp³-hybridized carbons (Fsp3) is 0.800. The molecule has 1 heterocycles. The van der Waals surface area contributed by atoms with Crippen LogP contribution < -0.4 is 10.6 Å². The maximum absolute atomic E-state index is 11.7. The summed E-state index contributed by atoms with van der Waals surface area (Å²) in [7, 11) is 0. The van der Waals surface area contributed by atoms with E-state index >= 15 is 0 Å². The van der Waals surface area contributed by atoms with Gasteiger partial charge in [0.2, 0.25) is 5.91 Å². The number of hydrogen-bond donors (Lipinski definition) is 3. The zero-order chi connectivity index (χ0) is 12.0. The molecule has 1 amide bonds. The quantitative estimate of drug-likeness (QED) is 0.611. The van der Waals surface area contributed by atoms with Crippen molar-refractivity contribution < 1.29 is 14.7 Å². The smallest absolute Gasteiger partial charge is 0.326 e. The lowest BCUT2D eigenvalue weighted by Crippen LogP contribution is -2.44. The molecule has 0 radical (unpaired) electrons. The molecular formula is C10H18N2O3S. The maximum atomic E-state index is 11.7. The van der Waals surface area contributed by atoms with Crippen LogP contribution in [0.5, 0.6) is 0 Å². The highest BCUT2D eigenvalue weighted by Crippen LogP contribution is 2.09. The molecule has 92 valence electrons. The molecule has 0 aromatic heterocycles. The number of nitrogens with one attached hydrogen (secondary N) is 2. The highest BCUT2D eigenvalue weighted by atomic mass is 32.2. The third-order valence-electron chi connectivity index (χ3n) is 2.66. The van der Waals surface area contributed by atoms with Gasteiger partial charge in [0.1, 0.15) is 6.04 Å². The Balaban J connectivity index is 2.40. The number of rotatable bonds is 6. The summed E-state index contributed by atoms with van der Waals surface area (Å²) >= 11 is 1.58. The number of carbonyl (C=O) groups is 2. The molecule has 0 spiro atoms. The van der Waals surface area contributed by atoms with E-state index in [1.54, 1.807) is 11.8 Å². The van der Waals surface area contributed by atoms with Gasteiger partial charge in [-0.1, -0.05) is 0 Å². The van der Waals surface area contributed by atoms with Crippen molar-refractivity contribution in [3.05, 3.63) is 0 Å². The van der Waals surface area contributed by atoms with E-state index < -0.39 is 12.0 Å². The van der Waals surface area contributed by atoms with Gasteiger partial charge in [0.15, 0.2) is 0 Å². The van der Waals surface area contributed by atoms with Crippen molar-refractivity contribution in [2.45, 2.75) is 18.9 Å². The number of amides is 1. The number of thioether (sulfide) groups is 1. The minimum atomic E-state index is -0.951. The fourth-order valence-electron chi connectivity index (χ4n) is 1.66. The van der Waals surface area contributed by atoms with Crippen molar-refractivity contribution >= 4 is 23.6 Å². The molecule has 1 aliphatic rings. The predicted molar refractivity (Wildman–Crippen MR) is 63.5 cm³/mol. The van der Waals surface area contributed by atoms with Gasteiger partial charge in [0.25, 0.3) is 0 Å².